The van der Waals surface area contributed by atoms with E-state index in [0.29, 0.717) is 5.82 Å². The van der Waals surface area contributed by atoms with Crippen LogP contribution in [0.1, 0.15) is 0 Å². The summed E-state index contributed by atoms with van der Waals surface area (Å²) in [4.78, 5) is 3.98. The van der Waals surface area contributed by atoms with Crippen LogP contribution in [0, 0.1) is 0 Å². The Balaban J connectivity index is 2.35. The summed E-state index contributed by atoms with van der Waals surface area (Å²) < 4.78 is 1.65. The van der Waals surface area contributed by atoms with Crippen LogP contribution in [0.4, 0.5) is 5.82 Å². The molecule has 2 aromatic rings. The highest BCUT2D eigenvalue weighted by Crippen LogP contribution is 2.22. The summed E-state index contributed by atoms with van der Waals surface area (Å²) in [7, 11) is 1.80. The normalized spacial score (nSPS) is 10.9. The van der Waals surface area contributed by atoms with Crippen LogP contribution >= 0.6 is 0 Å². The van der Waals surface area contributed by atoms with Crippen molar-refractivity contribution in [3.05, 3.63) is 36.4 Å². The van der Waals surface area contributed by atoms with Gasteiger partial charge in [0.2, 0.25) is 0 Å². The Bertz CT molecular complexity index is 490. The van der Waals surface area contributed by atoms with Crippen molar-refractivity contribution in [3.8, 4) is 11.3 Å². The minimum atomic E-state index is 0.667. The van der Waals surface area contributed by atoms with E-state index in [1.54, 1.807) is 11.7 Å². The van der Waals surface area contributed by atoms with Crippen molar-refractivity contribution in [2.24, 2.45) is 12.0 Å². The smallest absolute Gasteiger partial charge is 0.152 e. The molecule has 2 N–H and O–H groups in total. The average molecular weight is 216 g/mol. The monoisotopic (exact) mass is 216 g/mol. The van der Waals surface area contributed by atoms with Gasteiger partial charge in [0.15, 0.2) is 5.82 Å². The van der Waals surface area contributed by atoms with Gasteiger partial charge in [-0.3, -0.25) is 15.4 Å². The fraction of sp³-hybridized carbons (Fsp3) is 0.0909. The van der Waals surface area contributed by atoms with Crippen LogP contribution in [0.25, 0.3) is 11.3 Å². The fourth-order valence-corrected chi connectivity index (χ4v) is 1.42. The highest BCUT2D eigenvalue weighted by Gasteiger charge is 2.04. The first-order chi connectivity index (χ1) is 7.81. The van der Waals surface area contributed by atoms with E-state index < -0.39 is 0 Å². The lowest BCUT2D eigenvalue weighted by Gasteiger charge is -1.93. The molecular weight excluding hydrogens is 204 g/mol. The minimum absolute atomic E-state index is 0.667. The van der Waals surface area contributed by atoms with Crippen molar-refractivity contribution in [1.29, 1.82) is 0 Å². The standard InChI is InChI=1S/C11H12N4O/c1-15-11(12-8-13-16)7-10(14-15)9-5-3-2-4-6-9/h2-8,16H,1H3,(H,12,13). The Kier molecular flexibility index (Phi) is 2.98. The first-order valence-electron chi connectivity index (χ1n) is 4.83. The molecule has 0 atom stereocenters. The lowest BCUT2D eigenvalue weighted by molar-refractivity contribution is 0.240. The Hall–Kier alpha value is -2.14. The van der Waals surface area contributed by atoms with Crippen molar-refractivity contribution in [2.45, 2.75) is 0 Å². The van der Waals surface area contributed by atoms with Crippen LogP contribution in [0.2, 0.25) is 0 Å². The first kappa shape index (κ1) is 10.4. The molecule has 0 aliphatic rings. The average Bonchev–Trinajstić information content (AvgIpc) is 2.69. The fourth-order valence-electron chi connectivity index (χ4n) is 1.42. The van der Waals surface area contributed by atoms with Crippen LogP contribution in [-0.2, 0) is 7.05 Å². The number of benzene rings is 1. The molecule has 16 heavy (non-hydrogen) atoms. The van der Waals surface area contributed by atoms with Gasteiger partial charge in [-0.25, -0.2) is 4.99 Å². The quantitative estimate of drug-likeness (QED) is 0.466. The van der Waals surface area contributed by atoms with E-state index in [4.69, 9.17) is 5.21 Å². The van der Waals surface area contributed by atoms with E-state index in [2.05, 4.69) is 10.1 Å². The number of rotatable bonds is 3. The van der Waals surface area contributed by atoms with Gasteiger partial charge in [-0.05, 0) is 0 Å². The molecule has 0 saturated heterocycles. The van der Waals surface area contributed by atoms with Crippen molar-refractivity contribution in [1.82, 2.24) is 15.3 Å². The van der Waals surface area contributed by atoms with Crippen molar-refractivity contribution >= 4 is 12.2 Å². The van der Waals surface area contributed by atoms with E-state index in [9.17, 15) is 0 Å². The number of nitrogens with one attached hydrogen (secondary N) is 1. The molecule has 0 saturated carbocycles. The molecule has 5 heteroatoms. The maximum Gasteiger partial charge on any atom is 0.152 e. The van der Waals surface area contributed by atoms with Crippen LogP contribution in [0.3, 0.4) is 0 Å². The zero-order chi connectivity index (χ0) is 11.4. The van der Waals surface area contributed by atoms with Gasteiger partial charge in [0.1, 0.15) is 6.34 Å². The van der Waals surface area contributed by atoms with Gasteiger partial charge in [-0.1, -0.05) is 30.3 Å². The number of aryl methyl sites for hydroxylation is 1. The third-order valence-corrected chi connectivity index (χ3v) is 2.18. The molecule has 2 rings (SSSR count). The molecule has 0 bridgehead atoms. The third kappa shape index (κ3) is 2.09. The van der Waals surface area contributed by atoms with E-state index in [1.165, 1.54) is 6.34 Å². The number of aromatic nitrogens is 2. The minimum Gasteiger partial charge on any atom is -0.290 e. The largest absolute Gasteiger partial charge is 0.290 e. The van der Waals surface area contributed by atoms with Gasteiger partial charge < -0.3 is 0 Å². The summed E-state index contributed by atoms with van der Waals surface area (Å²) in [6.45, 7) is 0. The molecule has 1 heterocycles. The summed E-state index contributed by atoms with van der Waals surface area (Å²) in [6.07, 6.45) is 1.20. The van der Waals surface area contributed by atoms with Crippen LogP contribution in [-0.4, -0.2) is 21.3 Å². The molecule has 0 fully saturated rings. The topological polar surface area (TPSA) is 62.4 Å². The highest BCUT2D eigenvalue weighted by atomic mass is 16.5. The van der Waals surface area contributed by atoms with Gasteiger partial charge in [0.25, 0.3) is 0 Å². The number of nitrogens with zero attached hydrogens (tertiary/aromatic N) is 3. The summed E-state index contributed by atoms with van der Waals surface area (Å²) in [5.41, 5.74) is 3.75. The van der Waals surface area contributed by atoms with Gasteiger partial charge in [-0.15, -0.1) is 0 Å². The predicted molar refractivity (Wildman–Crippen MR) is 61.7 cm³/mol. The van der Waals surface area contributed by atoms with Gasteiger partial charge in [0.05, 0.1) is 5.69 Å². The molecule has 0 radical (unpaired) electrons. The Morgan fingerprint density at radius 1 is 1.38 bits per heavy atom. The maximum absolute atomic E-state index is 8.41. The van der Waals surface area contributed by atoms with Crippen LogP contribution < -0.4 is 5.48 Å². The van der Waals surface area contributed by atoms with Crippen molar-refractivity contribution in [2.75, 3.05) is 0 Å². The Morgan fingerprint density at radius 3 is 2.81 bits per heavy atom. The van der Waals surface area contributed by atoms with E-state index in [-0.39, 0.29) is 0 Å². The Morgan fingerprint density at radius 2 is 2.12 bits per heavy atom. The summed E-state index contributed by atoms with van der Waals surface area (Å²) in [5.74, 6) is 0.667. The second kappa shape index (κ2) is 4.59. The zero-order valence-corrected chi connectivity index (χ0v) is 8.83. The Labute approximate surface area is 93.0 Å². The lowest BCUT2D eigenvalue weighted by atomic mass is 10.2. The number of hydrogen-bond donors (Lipinski definition) is 2. The molecule has 82 valence electrons. The van der Waals surface area contributed by atoms with Crippen molar-refractivity contribution < 1.29 is 5.21 Å². The van der Waals surface area contributed by atoms with E-state index in [0.717, 1.165) is 11.3 Å². The molecule has 1 aromatic heterocycles. The van der Waals surface area contributed by atoms with E-state index in [1.807, 2.05) is 41.9 Å². The second-order valence-electron chi connectivity index (χ2n) is 3.26. The number of hydroxylamine groups is 1. The van der Waals surface area contributed by atoms with Crippen molar-refractivity contribution in [3.63, 3.8) is 0 Å². The molecule has 0 aliphatic carbocycles. The number of aliphatic imine (C=N–C) groups is 1. The third-order valence-electron chi connectivity index (χ3n) is 2.18. The molecule has 5 nitrogen and oxygen atoms in total. The molecule has 0 aliphatic heterocycles. The van der Waals surface area contributed by atoms with Crippen LogP contribution in [0.5, 0.6) is 0 Å². The molecule has 0 spiro atoms. The maximum atomic E-state index is 8.41. The highest BCUT2D eigenvalue weighted by molar-refractivity contribution is 5.65. The summed E-state index contributed by atoms with van der Waals surface area (Å²) in [5, 5.41) is 12.7. The first-order valence-corrected chi connectivity index (χ1v) is 4.83. The predicted octanol–water partition coefficient (Wildman–Crippen LogP) is 1.73. The summed E-state index contributed by atoms with van der Waals surface area (Å²) in [6, 6.07) is 11.7. The van der Waals surface area contributed by atoms with Crippen LogP contribution in [0.15, 0.2) is 41.4 Å². The second-order valence-corrected chi connectivity index (χ2v) is 3.26. The lowest BCUT2D eigenvalue weighted by Crippen LogP contribution is -2.01. The molecule has 0 unspecified atom stereocenters. The zero-order valence-electron chi connectivity index (χ0n) is 8.83. The molecule has 1 aromatic carbocycles. The molecular formula is C11H12N4O. The van der Waals surface area contributed by atoms with Gasteiger partial charge >= 0.3 is 0 Å². The van der Waals surface area contributed by atoms with Gasteiger partial charge in [-0.2, -0.15) is 5.10 Å². The molecule has 0 amide bonds. The van der Waals surface area contributed by atoms with E-state index >= 15 is 0 Å². The number of hydrogen-bond acceptors (Lipinski definition) is 3. The van der Waals surface area contributed by atoms with Gasteiger partial charge in [0, 0.05) is 18.7 Å². The SMILES string of the molecule is Cn1nc(-c2ccccc2)cc1/N=C/NO. The summed E-state index contributed by atoms with van der Waals surface area (Å²) >= 11 is 0.